The van der Waals surface area contributed by atoms with Crippen molar-refractivity contribution in [3.05, 3.63) is 71.8 Å². The number of rotatable bonds is 3. The Labute approximate surface area is 243 Å². The van der Waals surface area contributed by atoms with Crippen LogP contribution in [0.25, 0.3) is 28.2 Å². The molecular weight excluding hydrogens is 533 g/mol. The maximum absolute atomic E-state index is 13.5. The van der Waals surface area contributed by atoms with Crippen molar-refractivity contribution in [2.75, 3.05) is 11.1 Å². The summed E-state index contributed by atoms with van der Waals surface area (Å²) in [6, 6.07) is 9.64. The maximum atomic E-state index is 13.5. The Morgan fingerprint density at radius 3 is 2.76 bits per heavy atom. The second kappa shape index (κ2) is 12.1. The highest BCUT2D eigenvalue weighted by Crippen LogP contribution is 2.39. The number of benzene rings is 1. The molecule has 1 aliphatic heterocycles. The van der Waals surface area contributed by atoms with Crippen LogP contribution in [0.1, 0.15) is 79.8 Å². The Bertz CT molecular complexity index is 1650. The number of nitrogens with one attached hydrogen (secondary N) is 2. The van der Waals surface area contributed by atoms with Gasteiger partial charge in [-0.1, -0.05) is 30.7 Å². The van der Waals surface area contributed by atoms with Crippen molar-refractivity contribution in [3.63, 3.8) is 0 Å². The number of carbonyl (C=O) groups excluding carboxylic acids is 2. The molecule has 2 bridgehead atoms. The van der Waals surface area contributed by atoms with Crippen molar-refractivity contribution in [1.82, 2.24) is 25.1 Å². The predicted octanol–water partition coefficient (Wildman–Crippen LogP) is 6.04. The van der Waals surface area contributed by atoms with E-state index >= 15 is 0 Å². The summed E-state index contributed by atoms with van der Waals surface area (Å²) in [6.07, 6.45) is 15.5. The summed E-state index contributed by atoms with van der Waals surface area (Å²) in [5, 5.41) is 11.8. The predicted molar refractivity (Wildman–Crippen MR) is 161 cm³/mol. The first-order chi connectivity index (χ1) is 20.5. The molecule has 0 spiro atoms. The number of fused-ring (bicyclic) bond motifs is 3. The highest BCUT2D eigenvalue weighted by molar-refractivity contribution is 6.06. The number of amides is 2. The van der Waals surface area contributed by atoms with Crippen LogP contribution in [0.3, 0.4) is 0 Å². The van der Waals surface area contributed by atoms with Gasteiger partial charge in [-0.3, -0.25) is 14.3 Å². The van der Waals surface area contributed by atoms with Crippen LogP contribution >= 0.6 is 0 Å². The van der Waals surface area contributed by atoms with Gasteiger partial charge in [-0.05, 0) is 63.1 Å². The molecule has 9 nitrogen and oxygen atoms in total. The van der Waals surface area contributed by atoms with Gasteiger partial charge >= 0.3 is 0 Å². The summed E-state index contributed by atoms with van der Waals surface area (Å²) in [6.45, 7) is 0. The normalized spacial score (nSPS) is 20.3. The van der Waals surface area contributed by atoms with E-state index in [1.165, 1.54) is 18.3 Å². The average Bonchev–Trinajstić information content (AvgIpc) is 3.39. The molecule has 0 unspecified atom stereocenters. The Morgan fingerprint density at radius 1 is 1.07 bits per heavy atom. The third kappa shape index (κ3) is 5.88. The molecule has 6 rings (SSSR count). The number of allylic oxidation sites excluding steroid dienone is 1. The first kappa shape index (κ1) is 27.6. The number of hydrogen-bond donors (Lipinski definition) is 3. The van der Waals surface area contributed by atoms with Crippen LogP contribution in [0.2, 0.25) is 0 Å². The lowest BCUT2D eigenvalue weighted by molar-refractivity contribution is -0.122. The number of anilines is 2. The van der Waals surface area contributed by atoms with E-state index in [0.29, 0.717) is 23.5 Å². The Hall–Kier alpha value is -4.60. The van der Waals surface area contributed by atoms with E-state index in [9.17, 15) is 14.0 Å². The molecular formula is C32H34FN7O2. The summed E-state index contributed by atoms with van der Waals surface area (Å²) in [4.78, 5) is 33.9. The summed E-state index contributed by atoms with van der Waals surface area (Å²) in [7, 11) is 0. The lowest BCUT2D eigenvalue weighted by Crippen LogP contribution is -2.39. The standard InChI is InChI=1S/C32H34FN7O2/c33-23-15-16-35-26(17-23)38-32(42)21-13-11-20(12-14-21)29-28-30-22(19-36-31(28)34)7-4-2-1-3-5-10-27(41)37-24-8-6-9-25(18-24)40(30)39-29/h4,7,11-17,19,24-25H,1-3,5-6,8-10,18H2,(H2,34,36)(H,37,41)(H,35,38,42)/b7-4+/t24-,25-/m1/s1. The summed E-state index contributed by atoms with van der Waals surface area (Å²) in [5.41, 5.74) is 10.3. The molecule has 1 aromatic carbocycles. The van der Waals surface area contributed by atoms with Gasteiger partial charge in [0, 0.05) is 47.6 Å². The van der Waals surface area contributed by atoms with Gasteiger partial charge in [-0.2, -0.15) is 5.10 Å². The first-order valence-electron chi connectivity index (χ1n) is 14.6. The molecule has 1 saturated carbocycles. The van der Waals surface area contributed by atoms with E-state index < -0.39 is 11.7 Å². The number of halogens is 1. The molecule has 0 radical (unpaired) electrons. The van der Waals surface area contributed by atoms with Crippen molar-refractivity contribution in [3.8, 4) is 11.3 Å². The van der Waals surface area contributed by atoms with Gasteiger partial charge in [0.1, 0.15) is 23.1 Å². The van der Waals surface area contributed by atoms with E-state index in [1.807, 2.05) is 18.3 Å². The van der Waals surface area contributed by atoms with Crippen LogP contribution in [0.4, 0.5) is 16.0 Å². The minimum absolute atomic E-state index is 0.0863. The molecule has 2 atom stereocenters. The van der Waals surface area contributed by atoms with Gasteiger partial charge in [0.15, 0.2) is 0 Å². The van der Waals surface area contributed by atoms with Crippen molar-refractivity contribution >= 4 is 40.4 Å². The molecule has 2 aliphatic rings. The molecule has 3 aromatic heterocycles. The van der Waals surface area contributed by atoms with Gasteiger partial charge in [-0.25, -0.2) is 14.4 Å². The number of hydrogen-bond acceptors (Lipinski definition) is 6. The Morgan fingerprint density at radius 2 is 1.93 bits per heavy atom. The third-order valence-corrected chi connectivity index (χ3v) is 8.10. The quantitative estimate of drug-likeness (QED) is 0.277. The molecule has 4 heterocycles. The van der Waals surface area contributed by atoms with E-state index in [1.54, 1.807) is 12.1 Å². The largest absolute Gasteiger partial charge is 0.383 e. The smallest absolute Gasteiger partial charge is 0.256 e. The van der Waals surface area contributed by atoms with Crippen molar-refractivity contribution in [2.24, 2.45) is 0 Å². The SMILES string of the molecule is Nc1ncc2c3c1c(-c1ccc(C(=O)Nc4cc(F)ccn4)cc1)nn3[C@@H]1CCC[C@H](C1)NC(=O)CCCCC/C=C/2. The number of aromatic nitrogens is 4. The molecule has 1 aliphatic carbocycles. The molecule has 4 N–H and O–H groups in total. The summed E-state index contributed by atoms with van der Waals surface area (Å²) < 4.78 is 15.6. The highest BCUT2D eigenvalue weighted by atomic mass is 19.1. The Kier molecular flexibility index (Phi) is 7.94. The van der Waals surface area contributed by atoms with Crippen molar-refractivity contribution in [2.45, 2.75) is 69.9 Å². The second-order valence-electron chi connectivity index (χ2n) is 11.1. The highest BCUT2D eigenvalue weighted by Gasteiger charge is 2.29. The molecule has 42 heavy (non-hydrogen) atoms. The average molecular weight is 568 g/mol. The zero-order valence-electron chi connectivity index (χ0n) is 23.4. The van der Waals surface area contributed by atoms with Gasteiger partial charge in [-0.15, -0.1) is 0 Å². The van der Waals surface area contributed by atoms with Crippen LogP contribution in [-0.2, 0) is 4.79 Å². The van der Waals surface area contributed by atoms with Crippen LogP contribution in [0.5, 0.6) is 0 Å². The van der Waals surface area contributed by atoms with E-state index in [4.69, 9.17) is 10.8 Å². The van der Waals surface area contributed by atoms with Crippen LogP contribution in [0, 0.1) is 5.82 Å². The Balaban J connectivity index is 1.38. The van der Waals surface area contributed by atoms with E-state index in [-0.39, 0.29) is 23.8 Å². The number of carbonyl (C=O) groups is 2. The lowest BCUT2D eigenvalue weighted by Gasteiger charge is -2.30. The van der Waals surface area contributed by atoms with Crippen LogP contribution in [0.15, 0.2) is 54.9 Å². The van der Waals surface area contributed by atoms with Crippen LogP contribution < -0.4 is 16.4 Å². The number of nitrogens with two attached hydrogens (primary N) is 1. The number of nitrogen functional groups attached to an aromatic ring is 1. The molecule has 2 amide bonds. The number of nitrogens with zero attached hydrogens (tertiary/aromatic N) is 4. The van der Waals surface area contributed by atoms with Gasteiger partial charge in [0.25, 0.3) is 5.91 Å². The third-order valence-electron chi connectivity index (χ3n) is 8.10. The minimum Gasteiger partial charge on any atom is -0.383 e. The minimum atomic E-state index is -0.478. The monoisotopic (exact) mass is 567 g/mol. The van der Waals surface area contributed by atoms with E-state index in [2.05, 4.69) is 37.4 Å². The second-order valence-corrected chi connectivity index (χ2v) is 11.1. The summed E-state index contributed by atoms with van der Waals surface area (Å²) in [5.74, 6) is -0.216. The lowest BCUT2D eigenvalue weighted by atomic mass is 9.90. The number of pyridine rings is 2. The summed E-state index contributed by atoms with van der Waals surface area (Å²) >= 11 is 0. The maximum Gasteiger partial charge on any atom is 0.256 e. The van der Waals surface area contributed by atoms with Crippen LogP contribution in [-0.4, -0.2) is 37.6 Å². The topological polar surface area (TPSA) is 128 Å². The van der Waals surface area contributed by atoms with Gasteiger partial charge < -0.3 is 16.4 Å². The fraction of sp³-hybridized carbons (Fsp3) is 0.344. The van der Waals surface area contributed by atoms with Crippen molar-refractivity contribution < 1.29 is 14.0 Å². The zero-order chi connectivity index (χ0) is 29.1. The van der Waals surface area contributed by atoms with Crippen molar-refractivity contribution in [1.29, 1.82) is 0 Å². The first-order valence-corrected chi connectivity index (χ1v) is 14.6. The zero-order valence-corrected chi connectivity index (χ0v) is 23.4. The van der Waals surface area contributed by atoms with E-state index in [0.717, 1.165) is 73.4 Å². The fourth-order valence-corrected chi connectivity index (χ4v) is 6.00. The molecule has 1 fully saturated rings. The van der Waals surface area contributed by atoms with Gasteiger partial charge in [0.05, 0.1) is 16.9 Å². The molecule has 0 saturated heterocycles. The van der Waals surface area contributed by atoms with Gasteiger partial charge in [0.2, 0.25) is 5.91 Å². The molecule has 10 heteroatoms. The molecule has 216 valence electrons. The fourth-order valence-electron chi connectivity index (χ4n) is 6.00. The molecule has 4 aromatic rings.